The van der Waals surface area contributed by atoms with Crippen LogP contribution >= 0.6 is 0 Å². The number of carbonyl (C=O) groups is 1. The minimum Gasteiger partial charge on any atom is -0.343 e. The second kappa shape index (κ2) is 9.03. The number of para-hydroxylation sites is 1. The van der Waals surface area contributed by atoms with Gasteiger partial charge in [-0.2, -0.15) is 10.2 Å². The molecule has 0 saturated heterocycles. The fourth-order valence-corrected chi connectivity index (χ4v) is 4.37. The van der Waals surface area contributed by atoms with Crippen LogP contribution in [0.1, 0.15) is 32.9 Å². The van der Waals surface area contributed by atoms with Gasteiger partial charge in [-0.25, -0.2) is 4.68 Å². The molecule has 5 rings (SSSR count). The Bertz CT molecular complexity index is 1240. The Morgan fingerprint density at radius 3 is 2.42 bits per heavy atom. The van der Waals surface area contributed by atoms with Crippen LogP contribution in [0.15, 0.2) is 73.1 Å². The smallest absolute Gasteiger partial charge is 0.274 e. The van der Waals surface area contributed by atoms with Crippen molar-refractivity contribution in [2.45, 2.75) is 26.1 Å². The Kier molecular flexibility index (Phi) is 5.79. The molecule has 0 unspecified atom stereocenters. The number of benzene rings is 2. The summed E-state index contributed by atoms with van der Waals surface area (Å²) in [5, 5.41) is 9.30. The molecule has 0 aliphatic carbocycles. The average molecular weight is 441 g/mol. The van der Waals surface area contributed by atoms with Crippen molar-refractivity contribution in [1.29, 1.82) is 0 Å². The van der Waals surface area contributed by atoms with E-state index in [1.54, 1.807) is 19.0 Å². The molecule has 7 heteroatoms. The van der Waals surface area contributed by atoms with Crippen LogP contribution in [-0.2, 0) is 26.1 Å². The van der Waals surface area contributed by atoms with Gasteiger partial charge in [0.2, 0.25) is 0 Å². The maximum Gasteiger partial charge on any atom is 0.274 e. The van der Waals surface area contributed by atoms with Crippen LogP contribution in [0.25, 0.3) is 5.69 Å². The highest BCUT2D eigenvalue weighted by molar-refractivity contribution is 5.93. The lowest BCUT2D eigenvalue weighted by Gasteiger charge is -2.27. The normalized spacial score (nSPS) is 13.6. The van der Waals surface area contributed by atoms with Crippen LogP contribution in [0.5, 0.6) is 0 Å². The third kappa shape index (κ3) is 4.45. The van der Waals surface area contributed by atoms with Gasteiger partial charge < -0.3 is 4.90 Å². The SMILES string of the molecule is CN(C)C(=O)c1nn(Cc2ccccc2)c2c1CN(Cc1cnn(-c3ccccc3)c1)CC2. The summed E-state index contributed by atoms with van der Waals surface area (Å²) in [6, 6.07) is 20.4. The van der Waals surface area contributed by atoms with Crippen molar-refractivity contribution < 1.29 is 4.79 Å². The molecule has 4 aromatic rings. The molecule has 2 aromatic heterocycles. The summed E-state index contributed by atoms with van der Waals surface area (Å²) >= 11 is 0. The van der Waals surface area contributed by atoms with Crippen molar-refractivity contribution in [3.63, 3.8) is 0 Å². The number of carbonyl (C=O) groups excluding carboxylic acids is 1. The van der Waals surface area contributed by atoms with Crippen LogP contribution in [0.2, 0.25) is 0 Å². The molecule has 0 spiro atoms. The first-order chi connectivity index (χ1) is 16.1. The summed E-state index contributed by atoms with van der Waals surface area (Å²) < 4.78 is 3.93. The van der Waals surface area contributed by atoms with Crippen LogP contribution in [0.4, 0.5) is 0 Å². The molecule has 0 atom stereocenters. The second-order valence-corrected chi connectivity index (χ2v) is 8.71. The van der Waals surface area contributed by atoms with E-state index >= 15 is 0 Å². The zero-order valence-electron chi connectivity index (χ0n) is 19.1. The van der Waals surface area contributed by atoms with E-state index in [-0.39, 0.29) is 5.91 Å². The summed E-state index contributed by atoms with van der Waals surface area (Å²) in [6.45, 7) is 3.08. The van der Waals surface area contributed by atoms with Crippen molar-refractivity contribution >= 4 is 5.91 Å². The highest BCUT2D eigenvalue weighted by Crippen LogP contribution is 2.25. The number of aromatic nitrogens is 4. The molecule has 33 heavy (non-hydrogen) atoms. The Balaban J connectivity index is 1.38. The number of amides is 1. The predicted molar refractivity (Wildman–Crippen MR) is 127 cm³/mol. The van der Waals surface area contributed by atoms with E-state index < -0.39 is 0 Å². The van der Waals surface area contributed by atoms with E-state index in [0.717, 1.165) is 36.3 Å². The maximum atomic E-state index is 12.9. The maximum absolute atomic E-state index is 12.9. The minimum absolute atomic E-state index is 0.0446. The summed E-state index contributed by atoms with van der Waals surface area (Å²) in [5.41, 5.74) is 6.16. The predicted octanol–water partition coefficient (Wildman–Crippen LogP) is 3.38. The molecule has 7 nitrogen and oxygen atoms in total. The van der Waals surface area contributed by atoms with Crippen molar-refractivity contribution in [3.8, 4) is 5.69 Å². The van der Waals surface area contributed by atoms with E-state index in [0.29, 0.717) is 18.8 Å². The van der Waals surface area contributed by atoms with Gasteiger partial charge in [0, 0.05) is 63.2 Å². The Labute approximate surface area is 193 Å². The molecule has 2 aromatic carbocycles. The minimum atomic E-state index is -0.0446. The summed E-state index contributed by atoms with van der Waals surface area (Å²) in [5.74, 6) is -0.0446. The van der Waals surface area contributed by atoms with Gasteiger partial charge in [-0.1, -0.05) is 48.5 Å². The Morgan fingerprint density at radius 2 is 1.70 bits per heavy atom. The number of hydrogen-bond acceptors (Lipinski definition) is 4. The van der Waals surface area contributed by atoms with Gasteiger partial charge in [-0.15, -0.1) is 0 Å². The fourth-order valence-electron chi connectivity index (χ4n) is 4.37. The van der Waals surface area contributed by atoms with E-state index in [9.17, 15) is 4.79 Å². The standard InChI is InChI=1S/C26H28N6O/c1-29(2)26(33)25-23-19-30(16-21-15-27-31(18-21)22-11-7-4-8-12-22)14-13-24(23)32(28-25)17-20-9-5-3-6-10-20/h3-12,15,18H,13-14,16-17,19H2,1-2H3. The highest BCUT2D eigenvalue weighted by Gasteiger charge is 2.29. The topological polar surface area (TPSA) is 59.2 Å². The third-order valence-corrected chi connectivity index (χ3v) is 6.06. The lowest BCUT2D eigenvalue weighted by Crippen LogP contribution is -2.32. The lowest BCUT2D eigenvalue weighted by molar-refractivity contribution is 0.0818. The molecule has 168 valence electrons. The van der Waals surface area contributed by atoms with Crippen LogP contribution in [0, 0.1) is 0 Å². The van der Waals surface area contributed by atoms with E-state index in [1.165, 1.54) is 11.3 Å². The zero-order chi connectivity index (χ0) is 22.8. The van der Waals surface area contributed by atoms with Crippen molar-refractivity contribution in [1.82, 2.24) is 29.4 Å². The van der Waals surface area contributed by atoms with Gasteiger partial charge in [-0.3, -0.25) is 14.4 Å². The van der Waals surface area contributed by atoms with Gasteiger partial charge in [0.25, 0.3) is 5.91 Å². The van der Waals surface area contributed by atoms with Crippen molar-refractivity contribution in [2.24, 2.45) is 0 Å². The van der Waals surface area contributed by atoms with Crippen LogP contribution < -0.4 is 0 Å². The molecule has 0 radical (unpaired) electrons. The summed E-state index contributed by atoms with van der Waals surface area (Å²) in [6.07, 6.45) is 4.87. The zero-order valence-corrected chi connectivity index (χ0v) is 19.1. The number of fused-ring (bicyclic) bond motifs is 1. The first-order valence-electron chi connectivity index (χ1n) is 11.2. The molecule has 0 bridgehead atoms. The highest BCUT2D eigenvalue weighted by atomic mass is 16.2. The third-order valence-electron chi connectivity index (χ3n) is 6.06. The van der Waals surface area contributed by atoms with Crippen molar-refractivity contribution in [2.75, 3.05) is 20.6 Å². The largest absolute Gasteiger partial charge is 0.343 e. The number of rotatable bonds is 6. The molecule has 1 amide bonds. The monoisotopic (exact) mass is 440 g/mol. The molecular weight excluding hydrogens is 412 g/mol. The van der Waals surface area contributed by atoms with Gasteiger partial charge in [0.15, 0.2) is 5.69 Å². The van der Waals surface area contributed by atoms with E-state index in [2.05, 4.69) is 28.3 Å². The van der Waals surface area contributed by atoms with Gasteiger partial charge in [0.1, 0.15) is 0 Å². The van der Waals surface area contributed by atoms with E-state index in [4.69, 9.17) is 5.10 Å². The molecule has 0 N–H and O–H groups in total. The van der Waals surface area contributed by atoms with Gasteiger partial charge in [-0.05, 0) is 17.7 Å². The molecule has 1 aliphatic heterocycles. The first-order valence-corrected chi connectivity index (χ1v) is 11.2. The molecule has 0 saturated carbocycles. The van der Waals surface area contributed by atoms with Gasteiger partial charge in [0.05, 0.1) is 18.4 Å². The number of hydrogen-bond donors (Lipinski definition) is 0. The Hall–Kier alpha value is -3.71. The van der Waals surface area contributed by atoms with Gasteiger partial charge >= 0.3 is 0 Å². The Morgan fingerprint density at radius 1 is 0.970 bits per heavy atom. The van der Waals surface area contributed by atoms with E-state index in [1.807, 2.05) is 64.1 Å². The van der Waals surface area contributed by atoms with Crippen LogP contribution in [-0.4, -0.2) is 55.9 Å². The average Bonchev–Trinajstić information content (AvgIpc) is 3.45. The second-order valence-electron chi connectivity index (χ2n) is 8.71. The lowest BCUT2D eigenvalue weighted by atomic mass is 10.0. The quantitative estimate of drug-likeness (QED) is 0.461. The summed E-state index contributed by atoms with van der Waals surface area (Å²) in [4.78, 5) is 16.9. The summed E-state index contributed by atoms with van der Waals surface area (Å²) in [7, 11) is 3.56. The molecule has 3 heterocycles. The first kappa shape index (κ1) is 21.2. The fraction of sp³-hybridized carbons (Fsp3) is 0.269. The molecule has 1 aliphatic rings. The van der Waals surface area contributed by atoms with Crippen molar-refractivity contribution in [3.05, 3.63) is 101 Å². The molecule has 0 fully saturated rings. The number of nitrogens with zero attached hydrogens (tertiary/aromatic N) is 6. The van der Waals surface area contributed by atoms with Crippen LogP contribution in [0.3, 0.4) is 0 Å². The molecular formula is C26H28N6O.